The summed E-state index contributed by atoms with van der Waals surface area (Å²) in [5.41, 5.74) is 0. The third-order valence-corrected chi connectivity index (χ3v) is 1.19. The minimum Gasteiger partial charge on any atom is -0.481 e. The van der Waals surface area contributed by atoms with E-state index in [2.05, 4.69) is 9.47 Å². The predicted octanol–water partition coefficient (Wildman–Crippen LogP) is -0.495. The van der Waals surface area contributed by atoms with Crippen LogP contribution < -0.4 is 0 Å². The van der Waals surface area contributed by atoms with Crippen LogP contribution in [-0.4, -0.2) is 37.9 Å². The highest BCUT2D eigenvalue weighted by atomic mass is 16.7. The molecule has 0 aliphatic carbocycles. The van der Waals surface area contributed by atoms with E-state index in [4.69, 9.17) is 5.11 Å². The van der Waals surface area contributed by atoms with Crippen molar-refractivity contribution >= 4 is 12.3 Å². The number of ether oxygens (including phenoxy) is 2. The van der Waals surface area contributed by atoms with Crippen molar-refractivity contribution in [2.45, 2.75) is 6.29 Å². The Hall–Kier alpha value is -0.940. The minimum atomic E-state index is -1.26. The Labute approximate surface area is 63.9 Å². The van der Waals surface area contributed by atoms with Crippen LogP contribution in [0.2, 0.25) is 0 Å². The molecule has 0 radical (unpaired) electrons. The molecule has 1 atom stereocenters. The van der Waals surface area contributed by atoms with Gasteiger partial charge in [0.25, 0.3) is 0 Å². The van der Waals surface area contributed by atoms with Crippen LogP contribution in [0.15, 0.2) is 0 Å². The maximum atomic E-state index is 10.3. The van der Waals surface area contributed by atoms with Crippen LogP contribution in [0.5, 0.6) is 0 Å². The molecule has 64 valence electrons. The van der Waals surface area contributed by atoms with Gasteiger partial charge in [0.1, 0.15) is 6.29 Å². The lowest BCUT2D eigenvalue weighted by atomic mass is 10.2. The van der Waals surface area contributed by atoms with Gasteiger partial charge in [-0.05, 0) is 0 Å². The predicted molar refractivity (Wildman–Crippen MR) is 35.0 cm³/mol. The van der Waals surface area contributed by atoms with E-state index in [1.807, 2.05) is 0 Å². The van der Waals surface area contributed by atoms with Crippen molar-refractivity contribution in [3.8, 4) is 0 Å². The molecule has 0 aromatic carbocycles. The number of hydrogen-bond acceptors (Lipinski definition) is 4. The van der Waals surface area contributed by atoms with Crippen molar-refractivity contribution in [1.82, 2.24) is 0 Å². The summed E-state index contributed by atoms with van der Waals surface area (Å²) in [5.74, 6) is -2.52. The average Bonchev–Trinajstić information content (AvgIpc) is 1.99. The summed E-state index contributed by atoms with van der Waals surface area (Å²) in [7, 11) is 2.54. The number of aldehydes is 1. The first-order valence-electron chi connectivity index (χ1n) is 2.91. The van der Waals surface area contributed by atoms with Gasteiger partial charge in [-0.2, -0.15) is 0 Å². The fourth-order valence-electron chi connectivity index (χ4n) is 0.628. The van der Waals surface area contributed by atoms with Gasteiger partial charge in [0.15, 0.2) is 12.2 Å². The number of carboxylic acids is 1. The molecule has 0 fully saturated rings. The van der Waals surface area contributed by atoms with E-state index in [0.29, 0.717) is 0 Å². The van der Waals surface area contributed by atoms with Crippen LogP contribution in [0.3, 0.4) is 0 Å². The van der Waals surface area contributed by atoms with Crippen LogP contribution in [0.4, 0.5) is 0 Å². The summed E-state index contributed by atoms with van der Waals surface area (Å²) in [6.07, 6.45) is -0.731. The number of carboxylic acid groups (broad SMARTS) is 1. The molecular formula is C6H10O5. The van der Waals surface area contributed by atoms with Crippen LogP contribution in [0.25, 0.3) is 0 Å². The summed E-state index contributed by atoms with van der Waals surface area (Å²) >= 11 is 0. The molecule has 0 saturated heterocycles. The fraction of sp³-hybridized carbons (Fsp3) is 0.667. The van der Waals surface area contributed by atoms with Crippen LogP contribution >= 0.6 is 0 Å². The summed E-state index contributed by atoms with van der Waals surface area (Å²) < 4.78 is 9.16. The number of hydrogen-bond donors (Lipinski definition) is 1. The summed E-state index contributed by atoms with van der Waals surface area (Å²) in [5, 5.41) is 8.41. The second-order valence-electron chi connectivity index (χ2n) is 1.84. The molecule has 0 rings (SSSR count). The van der Waals surface area contributed by atoms with E-state index in [1.54, 1.807) is 0 Å². The van der Waals surface area contributed by atoms with Gasteiger partial charge < -0.3 is 19.4 Å². The fourth-order valence-corrected chi connectivity index (χ4v) is 0.628. The van der Waals surface area contributed by atoms with Gasteiger partial charge in [-0.3, -0.25) is 4.79 Å². The first-order valence-corrected chi connectivity index (χ1v) is 2.91. The van der Waals surface area contributed by atoms with E-state index in [9.17, 15) is 9.59 Å². The Kier molecular flexibility index (Phi) is 4.40. The van der Waals surface area contributed by atoms with Gasteiger partial charge in [0.2, 0.25) is 0 Å². The SMILES string of the molecule is COC(OC)C(C=O)C(=O)O. The van der Waals surface area contributed by atoms with Crippen LogP contribution in [0, 0.1) is 5.92 Å². The Morgan fingerprint density at radius 2 is 1.91 bits per heavy atom. The number of rotatable bonds is 5. The molecule has 5 heteroatoms. The third-order valence-electron chi connectivity index (χ3n) is 1.19. The van der Waals surface area contributed by atoms with Gasteiger partial charge >= 0.3 is 5.97 Å². The molecule has 5 nitrogen and oxygen atoms in total. The molecule has 0 aromatic heterocycles. The first kappa shape index (κ1) is 10.1. The second kappa shape index (κ2) is 4.81. The van der Waals surface area contributed by atoms with Gasteiger partial charge in [-0.25, -0.2) is 0 Å². The zero-order valence-electron chi connectivity index (χ0n) is 6.31. The monoisotopic (exact) mass is 162 g/mol. The molecule has 11 heavy (non-hydrogen) atoms. The van der Waals surface area contributed by atoms with Gasteiger partial charge in [0.05, 0.1) is 0 Å². The van der Waals surface area contributed by atoms with E-state index >= 15 is 0 Å². The highest BCUT2D eigenvalue weighted by Gasteiger charge is 2.27. The Morgan fingerprint density at radius 3 is 2.00 bits per heavy atom. The molecule has 0 bridgehead atoms. The summed E-state index contributed by atoms with van der Waals surface area (Å²) in [6, 6.07) is 0. The highest BCUT2D eigenvalue weighted by Crippen LogP contribution is 2.05. The summed E-state index contributed by atoms with van der Waals surface area (Å²) in [6.45, 7) is 0. The molecule has 0 heterocycles. The number of aliphatic carboxylic acids is 1. The first-order chi connectivity index (χ1) is 5.17. The molecule has 0 aliphatic heterocycles. The van der Waals surface area contributed by atoms with Crippen molar-refractivity contribution < 1.29 is 24.2 Å². The van der Waals surface area contributed by atoms with Gasteiger partial charge in [-0.15, -0.1) is 0 Å². The van der Waals surface area contributed by atoms with E-state index < -0.39 is 18.2 Å². The van der Waals surface area contributed by atoms with E-state index in [0.717, 1.165) is 0 Å². The van der Waals surface area contributed by atoms with Crippen molar-refractivity contribution in [2.24, 2.45) is 5.92 Å². The Morgan fingerprint density at radius 1 is 1.45 bits per heavy atom. The zero-order valence-corrected chi connectivity index (χ0v) is 6.31. The average molecular weight is 162 g/mol. The second-order valence-corrected chi connectivity index (χ2v) is 1.84. The van der Waals surface area contributed by atoms with Gasteiger partial charge in [-0.1, -0.05) is 0 Å². The lowest BCUT2D eigenvalue weighted by Gasteiger charge is -2.15. The van der Waals surface area contributed by atoms with Gasteiger partial charge in [0, 0.05) is 14.2 Å². The maximum absolute atomic E-state index is 10.3. The van der Waals surface area contributed by atoms with Crippen molar-refractivity contribution in [3.63, 3.8) is 0 Å². The number of methoxy groups -OCH3 is 2. The lowest BCUT2D eigenvalue weighted by Crippen LogP contribution is -2.32. The van der Waals surface area contributed by atoms with Crippen molar-refractivity contribution in [2.75, 3.05) is 14.2 Å². The Bertz CT molecular complexity index is 140. The maximum Gasteiger partial charge on any atom is 0.319 e. The molecule has 0 aliphatic rings. The smallest absolute Gasteiger partial charge is 0.319 e. The normalized spacial score (nSPS) is 13.0. The van der Waals surface area contributed by atoms with E-state index in [1.165, 1.54) is 14.2 Å². The molecule has 0 saturated carbocycles. The minimum absolute atomic E-state index is 0.278. The zero-order chi connectivity index (χ0) is 8.85. The molecule has 0 aromatic rings. The topological polar surface area (TPSA) is 72.8 Å². The molecular weight excluding hydrogens is 152 g/mol. The number of carbonyl (C=O) groups is 2. The lowest BCUT2D eigenvalue weighted by molar-refractivity contribution is -0.171. The van der Waals surface area contributed by atoms with E-state index in [-0.39, 0.29) is 6.29 Å². The molecule has 0 spiro atoms. The Balaban J connectivity index is 4.20. The van der Waals surface area contributed by atoms with Crippen molar-refractivity contribution in [3.05, 3.63) is 0 Å². The molecule has 0 amide bonds. The largest absolute Gasteiger partial charge is 0.481 e. The quantitative estimate of drug-likeness (QED) is 0.335. The molecule has 1 unspecified atom stereocenters. The van der Waals surface area contributed by atoms with Crippen LogP contribution in [0.1, 0.15) is 0 Å². The number of carbonyl (C=O) groups excluding carboxylic acids is 1. The molecule has 1 N–H and O–H groups in total. The summed E-state index contributed by atoms with van der Waals surface area (Å²) in [4.78, 5) is 20.5. The van der Waals surface area contributed by atoms with Crippen molar-refractivity contribution in [1.29, 1.82) is 0 Å². The standard InChI is InChI=1S/C6H10O5/c1-10-6(11-2)4(3-7)5(8)9/h3-4,6H,1-2H3,(H,8,9). The highest BCUT2D eigenvalue weighted by molar-refractivity contribution is 5.86. The third kappa shape index (κ3) is 2.65. The van der Waals surface area contributed by atoms with Crippen LogP contribution in [-0.2, 0) is 19.1 Å².